The Hall–Kier alpha value is -1.90. The van der Waals surface area contributed by atoms with E-state index in [1.807, 2.05) is 12.1 Å². The summed E-state index contributed by atoms with van der Waals surface area (Å²) in [6, 6.07) is 8.44. The molecule has 2 fully saturated rings. The molecule has 4 rings (SSSR count). The highest BCUT2D eigenvalue weighted by Crippen LogP contribution is 2.38. The summed E-state index contributed by atoms with van der Waals surface area (Å²) in [5.74, 6) is 0. The molecule has 0 unspecified atom stereocenters. The van der Waals surface area contributed by atoms with Crippen LogP contribution in [0.2, 0.25) is 0 Å². The fourth-order valence-electron chi connectivity index (χ4n) is 3.86. The second kappa shape index (κ2) is 6.37. The number of hydrogen-bond donors (Lipinski definition) is 1. The van der Waals surface area contributed by atoms with E-state index in [2.05, 4.69) is 29.4 Å². The minimum atomic E-state index is -3.56. The van der Waals surface area contributed by atoms with Crippen molar-refractivity contribution in [2.24, 2.45) is 7.05 Å². The number of sulfonamides is 1. The van der Waals surface area contributed by atoms with Crippen LogP contribution in [0.3, 0.4) is 0 Å². The second-order valence-electron chi connectivity index (χ2n) is 7.37. The first kappa shape index (κ1) is 17.5. The van der Waals surface area contributed by atoms with Gasteiger partial charge in [0.1, 0.15) is 0 Å². The first-order valence-corrected chi connectivity index (χ1v) is 10.3. The van der Waals surface area contributed by atoms with Crippen LogP contribution >= 0.6 is 0 Å². The molecular formula is C18H24N4O3S. The molecule has 2 aliphatic rings. The Balaban J connectivity index is 1.43. The van der Waals surface area contributed by atoms with E-state index in [-0.39, 0.29) is 11.1 Å². The van der Waals surface area contributed by atoms with Crippen LogP contribution in [0.15, 0.2) is 41.8 Å². The Morgan fingerprint density at radius 2 is 2.23 bits per heavy atom. The van der Waals surface area contributed by atoms with Gasteiger partial charge in [0.05, 0.1) is 24.6 Å². The van der Waals surface area contributed by atoms with E-state index in [0.717, 1.165) is 12.1 Å². The number of aryl methyl sites for hydroxylation is 2. The van der Waals surface area contributed by atoms with Gasteiger partial charge in [-0.1, -0.05) is 12.1 Å². The molecule has 1 N–H and O–H groups in total. The van der Waals surface area contributed by atoms with Crippen molar-refractivity contribution in [2.45, 2.75) is 36.4 Å². The van der Waals surface area contributed by atoms with Gasteiger partial charge < -0.3 is 14.6 Å². The van der Waals surface area contributed by atoms with Crippen molar-refractivity contribution in [2.75, 3.05) is 25.0 Å². The predicted molar refractivity (Wildman–Crippen MR) is 98.5 cm³/mol. The topological polar surface area (TPSA) is 76.5 Å². The minimum absolute atomic E-state index is 0.101. The summed E-state index contributed by atoms with van der Waals surface area (Å²) in [4.78, 5) is 4.01. The Kier molecular flexibility index (Phi) is 4.29. The third-order valence-electron chi connectivity index (χ3n) is 5.16. The van der Waals surface area contributed by atoms with E-state index < -0.39 is 15.6 Å². The Bertz CT molecular complexity index is 911. The molecule has 2 atom stereocenters. The molecule has 2 saturated heterocycles. The first-order valence-electron chi connectivity index (χ1n) is 8.82. The average Bonchev–Trinajstić information content (AvgIpc) is 3.30. The summed E-state index contributed by atoms with van der Waals surface area (Å²) in [6.07, 6.45) is 4.56. The molecule has 8 heteroatoms. The summed E-state index contributed by atoms with van der Waals surface area (Å²) in [5.41, 5.74) is 1.88. The van der Waals surface area contributed by atoms with Crippen LogP contribution < -0.4 is 5.32 Å². The number of hydrogen-bond acceptors (Lipinski definition) is 5. The molecular weight excluding hydrogens is 352 g/mol. The number of aromatic nitrogens is 2. The molecule has 26 heavy (non-hydrogen) atoms. The van der Waals surface area contributed by atoms with Gasteiger partial charge in [-0.3, -0.25) is 0 Å². The number of nitrogens with zero attached hydrogens (tertiary/aromatic N) is 3. The maximum atomic E-state index is 12.8. The Labute approximate surface area is 154 Å². The van der Waals surface area contributed by atoms with Gasteiger partial charge in [0.25, 0.3) is 10.0 Å². The van der Waals surface area contributed by atoms with Gasteiger partial charge in [0, 0.05) is 38.4 Å². The van der Waals surface area contributed by atoms with Crippen LogP contribution in [-0.2, 0) is 21.8 Å². The highest BCUT2D eigenvalue weighted by atomic mass is 32.2. The van der Waals surface area contributed by atoms with Gasteiger partial charge in [-0.2, -0.15) is 4.31 Å². The number of anilines is 1. The van der Waals surface area contributed by atoms with E-state index in [1.54, 1.807) is 11.6 Å². The fraction of sp³-hybridized carbons (Fsp3) is 0.500. The standard InChI is InChI=1S/C18H24N4O3S/c1-14-4-3-5-15(8-14)20-16-9-18(25-11-16)6-7-22(12-18)26(23,24)17-10-21(2)13-19-17/h3-5,8,10,13,16,20H,6-7,9,11-12H2,1-2H3/t16-,18+/m1/s1. The molecule has 0 aliphatic carbocycles. The Morgan fingerprint density at radius 3 is 2.96 bits per heavy atom. The van der Waals surface area contributed by atoms with E-state index in [9.17, 15) is 8.42 Å². The molecule has 2 aliphatic heterocycles. The molecule has 0 bridgehead atoms. The number of imidazole rings is 1. The van der Waals surface area contributed by atoms with E-state index in [0.29, 0.717) is 26.1 Å². The summed E-state index contributed by atoms with van der Waals surface area (Å²) in [7, 11) is -1.80. The second-order valence-corrected chi connectivity index (χ2v) is 9.26. The van der Waals surface area contributed by atoms with Crippen LogP contribution in [0.25, 0.3) is 0 Å². The minimum Gasteiger partial charge on any atom is -0.380 e. The van der Waals surface area contributed by atoms with Crippen LogP contribution in [0.5, 0.6) is 0 Å². The lowest BCUT2D eigenvalue weighted by Crippen LogP contribution is -2.36. The fourth-order valence-corrected chi connectivity index (χ4v) is 5.34. The quantitative estimate of drug-likeness (QED) is 0.880. The number of nitrogens with one attached hydrogen (secondary N) is 1. The first-order chi connectivity index (χ1) is 12.4. The number of ether oxygens (including phenoxy) is 1. The van der Waals surface area contributed by atoms with Crippen LogP contribution in [0.4, 0.5) is 5.69 Å². The molecule has 7 nitrogen and oxygen atoms in total. The van der Waals surface area contributed by atoms with Gasteiger partial charge in [-0.15, -0.1) is 0 Å². The summed E-state index contributed by atoms with van der Waals surface area (Å²) in [5, 5.41) is 3.61. The van der Waals surface area contributed by atoms with E-state index >= 15 is 0 Å². The largest absolute Gasteiger partial charge is 0.380 e. The van der Waals surface area contributed by atoms with Gasteiger partial charge in [-0.25, -0.2) is 13.4 Å². The molecule has 0 amide bonds. The summed E-state index contributed by atoms with van der Waals surface area (Å²) >= 11 is 0. The average molecular weight is 376 g/mol. The molecule has 3 heterocycles. The number of rotatable bonds is 4. The van der Waals surface area contributed by atoms with Crippen molar-refractivity contribution in [1.82, 2.24) is 13.9 Å². The predicted octanol–water partition coefficient (Wildman–Crippen LogP) is 1.76. The molecule has 0 saturated carbocycles. The Morgan fingerprint density at radius 1 is 1.38 bits per heavy atom. The third kappa shape index (κ3) is 3.24. The van der Waals surface area contributed by atoms with Crippen LogP contribution in [0.1, 0.15) is 18.4 Å². The van der Waals surface area contributed by atoms with Crippen molar-refractivity contribution in [1.29, 1.82) is 0 Å². The van der Waals surface area contributed by atoms with E-state index in [1.165, 1.54) is 22.4 Å². The lowest BCUT2D eigenvalue weighted by atomic mass is 9.97. The molecule has 140 valence electrons. The molecule has 1 spiro atoms. The summed E-state index contributed by atoms with van der Waals surface area (Å²) < 4.78 is 34.8. The van der Waals surface area contributed by atoms with Crippen molar-refractivity contribution in [3.8, 4) is 0 Å². The van der Waals surface area contributed by atoms with Crippen molar-refractivity contribution >= 4 is 15.7 Å². The van der Waals surface area contributed by atoms with Crippen LogP contribution in [0, 0.1) is 6.92 Å². The monoisotopic (exact) mass is 376 g/mol. The van der Waals surface area contributed by atoms with E-state index in [4.69, 9.17) is 4.74 Å². The zero-order chi connectivity index (χ0) is 18.4. The zero-order valence-electron chi connectivity index (χ0n) is 15.1. The maximum absolute atomic E-state index is 12.8. The van der Waals surface area contributed by atoms with Gasteiger partial charge in [0.2, 0.25) is 0 Å². The van der Waals surface area contributed by atoms with Gasteiger partial charge in [-0.05, 0) is 31.0 Å². The van der Waals surface area contributed by atoms with Gasteiger partial charge >= 0.3 is 0 Å². The van der Waals surface area contributed by atoms with Gasteiger partial charge in [0.15, 0.2) is 5.03 Å². The molecule has 1 aromatic carbocycles. The number of benzene rings is 1. The zero-order valence-corrected chi connectivity index (χ0v) is 15.9. The summed E-state index contributed by atoms with van der Waals surface area (Å²) in [6.45, 7) is 3.51. The highest BCUT2D eigenvalue weighted by molar-refractivity contribution is 7.89. The van der Waals surface area contributed by atoms with Crippen molar-refractivity contribution in [3.05, 3.63) is 42.4 Å². The lowest BCUT2D eigenvalue weighted by molar-refractivity contribution is 0.0173. The maximum Gasteiger partial charge on any atom is 0.262 e. The molecule has 0 radical (unpaired) electrons. The normalized spacial score (nSPS) is 26.6. The molecule has 1 aromatic heterocycles. The van der Waals surface area contributed by atoms with Crippen molar-refractivity contribution < 1.29 is 13.2 Å². The lowest BCUT2D eigenvalue weighted by Gasteiger charge is -2.23. The third-order valence-corrected chi connectivity index (χ3v) is 6.90. The SMILES string of the molecule is Cc1cccc(N[C@H]2CO[C@@]3(CCN(S(=O)(=O)c4cn(C)cn4)C3)C2)c1. The molecule has 2 aromatic rings. The smallest absolute Gasteiger partial charge is 0.262 e. The highest BCUT2D eigenvalue weighted by Gasteiger charge is 2.49. The van der Waals surface area contributed by atoms with Crippen LogP contribution in [-0.4, -0.2) is 53.6 Å². The van der Waals surface area contributed by atoms with Crippen molar-refractivity contribution in [3.63, 3.8) is 0 Å².